The number of esters is 1. The summed E-state index contributed by atoms with van der Waals surface area (Å²) in [5.41, 5.74) is 0.402. The maximum absolute atomic E-state index is 12.5. The standard InChI is InChI=1S/C21H20F3NO4/c1-14(25-19(26)12-7-15-5-10-18(28-2)11-6-15)20(27)29-13-16-3-8-17(9-4-16)21(22,23)24/h3-12,14H,13H2,1-2H3,(H,25,26)/b12-7+/t14-/m0/s1. The number of carbonyl (C=O) groups excluding carboxylic acids is 2. The molecule has 0 spiro atoms. The average molecular weight is 407 g/mol. The highest BCUT2D eigenvalue weighted by Gasteiger charge is 2.30. The van der Waals surface area contributed by atoms with Crippen molar-refractivity contribution in [3.8, 4) is 5.75 Å². The van der Waals surface area contributed by atoms with E-state index in [0.29, 0.717) is 11.3 Å². The van der Waals surface area contributed by atoms with Crippen molar-refractivity contribution in [2.24, 2.45) is 0 Å². The molecule has 0 saturated carbocycles. The molecule has 1 amide bonds. The molecule has 1 atom stereocenters. The van der Waals surface area contributed by atoms with Crippen molar-refractivity contribution >= 4 is 18.0 Å². The van der Waals surface area contributed by atoms with Gasteiger partial charge in [0.25, 0.3) is 0 Å². The monoisotopic (exact) mass is 407 g/mol. The molecule has 0 fully saturated rings. The number of rotatable bonds is 7. The molecule has 5 nitrogen and oxygen atoms in total. The van der Waals surface area contributed by atoms with Crippen LogP contribution in [-0.4, -0.2) is 25.0 Å². The van der Waals surface area contributed by atoms with Crippen molar-refractivity contribution in [3.05, 3.63) is 71.3 Å². The molecule has 0 saturated heterocycles. The minimum Gasteiger partial charge on any atom is -0.497 e. The number of hydrogen-bond donors (Lipinski definition) is 1. The quantitative estimate of drug-likeness (QED) is 0.557. The van der Waals surface area contributed by atoms with Gasteiger partial charge in [-0.15, -0.1) is 0 Å². The average Bonchev–Trinajstić information content (AvgIpc) is 2.70. The van der Waals surface area contributed by atoms with Gasteiger partial charge in [0.05, 0.1) is 12.7 Å². The fourth-order valence-corrected chi connectivity index (χ4v) is 2.28. The molecule has 29 heavy (non-hydrogen) atoms. The molecule has 154 valence electrons. The van der Waals surface area contributed by atoms with Crippen molar-refractivity contribution in [2.45, 2.75) is 25.7 Å². The lowest BCUT2D eigenvalue weighted by Crippen LogP contribution is -2.38. The molecule has 0 bridgehead atoms. The van der Waals surface area contributed by atoms with E-state index in [9.17, 15) is 22.8 Å². The Hall–Kier alpha value is -3.29. The second kappa shape index (κ2) is 9.77. The van der Waals surface area contributed by atoms with Gasteiger partial charge >= 0.3 is 12.1 Å². The first kappa shape index (κ1) is 22.0. The van der Waals surface area contributed by atoms with Gasteiger partial charge < -0.3 is 14.8 Å². The molecule has 0 aliphatic carbocycles. The van der Waals surface area contributed by atoms with E-state index >= 15 is 0 Å². The summed E-state index contributed by atoms with van der Waals surface area (Å²) in [4.78, 5) is 23.9. The summed E-state index contributed by atoms with van der Waals surface area (Å²) in [6, 6.07) is 10.4. The van der Waals surface area contributed by atoms with Gasteiger partial charge in [-0.2, -0.15) is 13.2 Å². The van der Waals surface area contributed by atoms with Gasteiger partial charge in [0.1, 0.15) is 18.4 Å². The smallest absolute Gasteiger partial charge is 0.416 e. The first-order valence-electron chi connectivity index (χ1n) is 8.64. The molecule has 0 unspecified atom stereocenters. The van der Waals surface area contributed by atoms with E-state index < -0.39 is 29.7 Å². The summed E-state index contributed by atoms with van der Waals surface area (Å²) < 4.78 is 47.7. The number of methoxy groups -OCH3 is 1. The Morgan fingerprint density at radius 2 is 1.69 bits per heavy atom. The van der Waals surface area contributed by atoms with Crippen LogP contribution in [0.4, 0.5) is 13.2 Å². The van der Waals surface area contributed by atoms with Crippen LogP contribution < -0.4 is 10.1 Å². The molecular formula is C21H20F3NO4. The van der Waals surface area contributed by atoms with Crippen LogP contribution >= 0.6 is 0 Å². The van der Waals surface area contributed by atoms with E-state index in [2.05, 4.69) is 5.32 Å². The highest BCUT2D eigenvalue weighted by Crippen LogP contribution is 2.29. The lowest BCUT2D eigenvalue weighted by atomic mass is 10.1. The summed E-state index contributed by atoms with van der Waals surface area (Å²) >= 11 is 0. The van der Waals surface area contributed by atoms with Crippen LogP contribution in [-0.2, 0) is 27.1 Å². The molecule has 0 radical (unpaired) electrons. The second-order valence-electron chi connectivity index (χ2n) is 6.14. The molecule has 0 heterocycles. The third kappa shape index (κ3) is 6.99. The van der Waals surface area contributed by atoms with Gasteiger partial charge in [-0.05, 0) is 48.4 Å². The van der Waals surface area contributed by atoms with E-state index in [0.717, 1.165) is 17.7 Å². The van der Waals surface area contributed by atoms with Crippen LogP contribution in [0.25, 0.3) is 6.08 Å². The van der Waals surface area contributed by atoms with E-state index in [1.54, 1.807) is 37.5 Å². The molecule has 8 heteroatoms. The van der Waals surface area contributed by atoms with E-state index in [1.165, 1.54) is 25.1 Å². The molecule has 1 N–H and O–H groups in total. The van der Waals surface area contributed by atoms with Crippen molar-refractivity contribution in [1.29, 1.82) is 0 Å². The number of nitrogens with one attached hydrogen (secondary N) is 1. The minimum atomic E-state index is -4.42. The second-order valence-corrected chi connectivity index (χ2v) is 6.14. The van der Waals surface area contributed by atoms with E-state index in [1.807, 2.05) is 0 Å². The Labute approximate surface area is 166 Å². The van der Waals surface area contributed by atoms with Gasteiger partial charge in [-0.1, -0.05) is 24.3 Å². The van der Waals surface area contributed by atoms with Crippen LogP contribution in [0.1, 0.15) is 23.6 Å². The summed E-state index contributed by atoms with van der Waals surface area (Å²) in [5.74, 6) is -0.494. The Morgan fingerprint density at radius 3 is 2.24 bits per heavy atom. The molecular weight excluding hydrogens is 387 g/mol. The van der Waals surface area contributed by atoms with Crippen LogP contribution in [0.15, 0.2) is 54.6 Å². The van der Waals surface area contributed by atoms with Crippen LogP contribution in [0.3, 0.4) is 0 Å². The van der Waals surface area contributed by atoms with E-state index in [4.69, 9.17) is 9.47 Å². The summed E-state index contributed by atoms with van der Waals surface area (Å²) in [6.45, 7) is 1.26. The highest BCUT2D eigenvalue weighted by molar-refractivity contribution is 5.94. The molecule has 0 aliphatic rings. The Kier molecular flexibility index (Phi) is 7.41. The maximum Gasteiger partial charge on any atom is 0.416 e. The van der Waals surface area contributed by atoms with Crippen molar-refractivity contribution < 1.29 is 32.2 Å². The third-order valence-electron chi connectivity index (χ3n) is 3.92. The predicted molar refractivity (Wildman–Crippen MR) is 101 cm³/mol. The van der Waals surface area contributed by atoms with Crippen LogP contribution in [0, 0.1) is 0 Å². The van der Waals surface area contributed by atoms with E-state index in [-0.39, 0.29) is 6.61 Å². The molecule has 2 rings (SSSR count). The van der Waals surface area contributed by atoms with Gasteiger partial charge in [0, 0.05) is 6.08 Å². The number of halogens is 3. The third-order valence-corrected chi connectivity index (χ3v) is 3.92. The molecule has 0 aromatic heterocycles. The number of alkyl halides is 3. The van der Waals surface area contributed by atoms with Crippen LogP contribution in [0.5, 0.6) is 5.75 Å². The molecule has 2 aromatic carbocycles. The van der Waals surface area contributed by atoms with Crippen molar-refractivity contribution in [2.75, 3.05) is 7.11 Å². The normalized spacial score (nSPS) is 12.4. The number of ether oxygens (including phenoxy) is 2. The zero-order valence-electron chi connectivity index (χ0n) is 15.8. The zero-order chi connectivity index (χ0) is 21.4. The van der Waals surface area contributed by atoms with Crippen molar-refractivity contribution in [3.63, 3.8) is 0 Å². The molecule has 0 aliphatic heterocycles. The number of amides is 1. The van der Waals surface area contributed by atoms with Crippen molar-refractivity contribution in [1.82, 2.24) is 5.32 Å². The Morgan fingerprint density at radius 1 is 1.07 bits per heavy atom. The Bertz CT molecular complexity index is 859. The summed E-state index contributed by atoms with van der Waals surface area (Å²) in [6.07, 6.45) is -1.57. The highest BCUT2D eigenvalue weighted by atomic mass is 19.4. The number of hydrogen-bond acceptors (Lipinski definition) is 4. The lowest BCUT2D eigenvalue weighted by Gasteiger charge is -2.13. The Balaban J connectivity index is 1.81. The molecule has 2 aromatic rings. The first-order valence-corrected chi connectivity index (χ1v) is 8.64. The fourth-order valence-electron chi connectivity index (χ4n) is 2.28. The van der Waals surface area contributed by atoms with Gasteiger partial charge in [0.2, 0.25) is 5.91 Å². The number of carbonyl (C=O) groups is 2. The fraction of sp³-hybridized carbons (Fsp3) is 0.238. The maximum atomic E-state index is 12.5. The van der Waals surface area contributed by atoms with Crippen LogP contribution in [0.2, 0.25) is 0 Å². The minimum absolute atomic E-state index is 0.196. The largest absolute Gasteiger partial charge is 0.497 e. The SMILES string of the molecule is COc1ccc(/C=C/C(=O)N[C@@H](C)C(=O)OCc2ccc(C(F)(F)F)cc2)cc1. The van der Waals surface area contributed by atoms with Gasteiger partial charge in [0.15, 0.2) is 0 Å². The summed E-state index contributed by atoms with van der Waals surface area (Å²) in [5, 5.41) is 2.46. The van der Waals surface area contributed by atoms with Gasteiger partial charge in [-0.3, -0.25) is 4.79 Å². The zero-order valence-corrected chi connectivity index (χ0v) is 15.8. The number of benzene rings is 2. The first-order chi connectivity index (χ1) is 13.7. The topological polar surface area (TPSA) is 64.6 Å². The lowest BCUT2D eigenvalue weighted by molar-refractivity contribution is -0.148. The summed E-state index contributed by atoms with van der Waals surface area (Å²) in [7, 11) is 1.55. The van der Waals surface area contributed by atoms with Gasteiger partial charge in [-0.25, -0.2) is 4.79 Å². The predicted octanol–water partition coefficient (Wildman–Crippen LogP) is 3.98.